The van der Waals surface area contributed by atoms with E-state index in [0.29, 0.717) is 0 Å². The maximum Gasteiger partial charge on any atom is 0.0159 e. The van der Waals surface area contributed by atoms with Gasteiger partial charge in [0.15, 0.2) is 0 Å². The SMILES string of the molecule is CC1(C)c2ccccc2-c2cccc3c(-c4c5ccccc5c(-c5cccc6ccccc56)c5ccc6ccccc6c45)ccc1c23. The van der Waals surface area contributed by atoms with Gasteiger partial charge in [-0.3, -0.25) is 0 Å². The van der Waals surface area contributed by atoms with Crippen LogP contribution in [-0.2, 0) is 5.41 Å². The Morgan fingerprint density at radius 1 is 0.298 bits per heavy atom. The molecule has 0 saturated heterocycles. The fraction of sp³-hybridized carbons (Fsp3) is 0.0638. The van der Waals surface area contributed by atoms with Crippen molar-refractivity contribution in [3.8, 4) is 33.4 Å². The topological polar surface area (TPSA) is 0 Å². The van der Waals surface area contributed by atoms with E-state index in [1.165, 1.54) is 98.4 Å². The molecule has 47 heavy (non-hydrogen) atoms. The molecule has 0 amide bonds. The van der Waals surface area contributed by atoms with E-state index in [1.54, 1.807) is 0 Å². The number of fused-ring (bicyclic) bond motifs is 7. The first-order chi connectivity index (χ1) is 23.1. The smallest absolute Gasteiger partial charge is 0.0159 e. The minimum atomic E-state index is -0.100. The van der Waals surface area contributed by atoms with Crippen LogP contribution in [0.4, 0.5) is 0 Å². The van der Waals surface area contributed by atoms with Gasteiger partial charge in [-0.15, -0.1) is 0 Å². The van der Waals surface area contributed by atoms with Crippen LogP contribution in [0.1, 0.15) is 25.0 Å². The normalized spacial score (nSPS) is 13.5. The van der Waals surface area contributed by atoms with Crippen LogP contribution in [0.3, 0.4) is 0 Å². The van der Waals surface area contributed by atoms with Crippen molar-refractivity contribution in [1.82, 2.24) is 0 Å². The molecule has 9 aromatic rings. The third-order valence-corrected chi connectivity index (χ3v) is 10.8. The largest absolute Gasteiger partial charge is 0.0619 e. The zero-order valence-electron chi connectivity index (χ0n) is 26.5. The highest BCUT2D eigenvalue weighted by atomic mass is 14.4. The Bertz CT molecular complexity index is 2750. The van der Waals surface area contributed by atoms with Gasteiger partial charge < -0.3 is 0 Å². The predicted molar refractivity (Wildman–Crippen MR) is 202 cm³/mol. The van der Waals surface area contributed by atoms with Crippen molar-refractivity contribution in [3.63, 3.8) is 0 Å². The van der Waals surface area contributed by atoms with Crippen LogP contribution in [0.15, 0.2) is 158 Å². The van der Waals surface area contributed by atoms with Gasteiger partial charge in [-0.2, -0.15) is 0 Å². The van der Waals surface area contributed by atoms with Gasteiger partial charge in [0.25, 0.3) is 0 Å². The van der Waals surface area contributed by atoms with Gasteiger partial charge in [0.05, 0.1) is 0 Å². The minimum absolute atomic E-state index is 0.100. The molecule has 0 fully saturated rings. The third kappa shape index (κ3) is 3.59. The van der Waals surface area contributed by atoms with Crippen LogP contribution in [0, 0.1) is 0 Å². The molecule has 0 spiro atoms. The maximum absolute atomic E-state index is 2.42. The molecular formula is C47H32. The monoisotopic (exact) mass is 596 g/mol. The van der Waals surface area contributed by atoms with Crippen LogP contribution in [0.2, 0.25) is 0 Å². The summed E-state index contributed by atoms with van der Waals surface area (Å²) in [4.78, 5) is 0. The van der Waals surface area contributed by atoms with Crippen molar-refractivity contribution in [2.45, 2.75) is 19.3 Å². The number of benzene rings is 9. The van der Waals surface area contributed by atoms with Crippen molar-refractivity contribution in [2.75, 3.05) is 0 Å². The number of hydrogen-bond acceptors (Lipinski definition) is 0. The number of hydrogen-bond donors (Lipinski definition) is 0. The summed E-state index contributed by atoms with van der Waals surface area (Å²) in [6.45, 7) is 4.76. The highest BCUT2D eigenvalue weighted by Crippen LogP contribution is 2.53. The van der Waals surface area contributed by atoms with E-state index in [9.17, 15) is 0 Å². The second-order valence-corrected chi connectivity index (χ2v) is 13.6. The summed E-state index contributed by atoms with van der Waals surface area (Å²) in [5.74, 6) is 0. The first-order valence-corrected chi connectivity index (χ1v) is 16.6. The lowest BCUT2D eigenvalue weighted by molar-refractivity contribution is 0.645. The minimum Gasteiger partial charge on any atom is -0.0619 e. The zero-order valence-corrected chi connectivity index (χ0v) is 26.5. The van der Waals surface area contributed by atoms with Gasteiger partial charge in [0.2, 0.25) is 0 Å². The highest BCUT2D eigenvalue weighted by Gasteiger charge is 2.34. The van der Waals surface area contributed by atoms with Gasteiger partial charge in [0, 0.05) is 5.41 Å². The molecule has 0 aliphatic heterocycles. The van der Waals surface area contributed by atoms with Crippen LogP contribution in [0.25, 0.3) is 87.2 Å². The van der Waals surface area contributed by atoms with E-state index < -0.39 is 0 Å². The van der Waals surface area contributed by atoms with E-state index in [4.69, 9.17) is 0 Å². The summed E-state index contributed by atoms with van der Waals surface area (Å²) in [5.41, 5.74) is 10.6. The van der Waals surface area contributed by atoms with E-state index >= 15 is 0 Å². The van der Waals surface area contributed by atoms with Crippen LogP contribution < -0.4 is 0 Å². The molecule has 1 aliphatic rings. The summed E-state index contributed by atoms with van der Waals surface area (Å²) in [7, 11) is 0. The van der Waals surface area contributed by atoms with Gasteiger partial charge >= 0.3 is 0 Å². The molecule has 220 valence electrons. The lowest BCUT2D eigenvalue weighted by Crippen LogP contribution is -2.23. The van der Waals surface area contributed by atoms with E-state index in [2.05, 4.69) is 172 Å². The van der Waals surface area contributed by atoms with E-state index in [-0.39, 0.29) is 5.41 Å². The Labute approximate surface area is 274 Å². The molecule has 10 rings (SSSR count). The standard InChI is InChI=1S/C47H32/c1-47(2)41-24-10-9-18-33(41)35-22-12-23-37-39(27-28-42(47)44(35)37)46-38-20-8-7-19-36(38)43(34-21-11-15-29-13-3-5-16-31(29)34)40-26-25-30-14-4-6-17-32(30)45(40)46/h3-28H,1-2H3. The molecule has 0 bridgehead atoms. The zero-order chi connectivity index (χ0) is 31.3. The van der Waals surface area contributed by atoms with Crippen LogP contribution in [-0.4, -0.2) is 0 Å². The van der Waals surface area contributed by atoms with Gasteiger partial charge in [-0.25, -0.2) is 0 Å². The second kappa shape index (κ2) is 9.64. The Kier molecular flexibility index (Phi) is 5.44. The van der Waals surface area contributed by atoms with Gasteiger partial charge in [-0.1, -0.05) is 172 Å². The lowest BCUT2D eigenvalue weighted by Gasteiger charge is -2.35. The molecule has 0 N–H and O–H groups in total. The van der Waals surface area contributed by atoms with E-state index in [1.807, 2.05) is 0 Å². The average Bonchev–Trinajstić information content (AvgIpc) is 3.12. The third-order valence-electron chi connectivity index (χ3n) is 10.8. The summed E-state index contributed by atoms with van der Waals surface area (Å²) in [6, 6.07) is 58.9. The fourth-order valence-corrected chi connectivity index (χ4v) is 8.74. The van der Waals surface area contributed by atoms with E-state index in [0.717, 1.165) is 0 Å². The molecule has 0 heteroatoms. The van der Waals surface area contributed by atoms with Crippen molar-refractivity contribution < 1.29 is 0 Å². The number of rotatable bonds is 2. The first kappa shape index (κ1) is 26.5. The first-order valence-electron chi connectivity index (χ1n) is 16.6. The molecule has 0 saturated carbocycles. The fourth-order valence-electron chi connectivity index (χ4n) is 8.74. The molecule has 0 heterocycles. The molecule has 9 aromatic carbocycles. The Morgan fingerprint density at radius 2 is 0.851 bits per heavy atom. The Morgan fingerprint density at radius 3 is 1.68 bits per heavy atom. The van der Waals surface area contributed by atoms with Crippen LogP contribution in [0.5, 0.6) is 0 Å². The van der Waals surface area contributed by atoms with Crippen molar-refractivity contribution >= 4 is 53.9 Å². The molecular weight excluding hydrogens is 565 g/mol. The quantitative estimate of drug-likeness (QED) is 0.138. The van der Waals surface area contributed by atoms with Crippen LogP contribution >= 0.6 is 0 Å². The summed E-state index contributed by atoms with van der Waals surface area (Å²) in [6.07, 6.45) is 0. The molecule has 0 unspecified atom stereocenters. The summed E-state index contributed by atoms with van der Waals surface area (Å²) in [5, 5.41) is 13.0. The molecule has 0 atom stereocenters. The lowest BCUT2D eigenvalue weighted by atomic mass is 9.68. The Hall–Kier alpha value is -5.72. The van der Waals surface area contributed by atoms with Gasteiger partial charge in [-0.05, 0) is 98.4 Å². The highest BCUT2D eigenvalue weighted by molar-refractivity contribution is 6.31. The second-order valence-electron chi connectivity index (χ2n) is 13.6. The average molecular weight is 597 g/mol. The van der Waals surface area contributed by atoms with Gasteiger partial charge in [0.1, 0.15) is 0 Å². The molecule has 1 aliphatic carbocycles. The van der Waals surface area contributed by atoms with Crippen molar-refractivity contribution in [1.29, 1.82) is 0 Å². The molecule has 0 nitrogen and oxygen atoms in total. The maximum atomic E-state index is 2.42. The Balaban J connectivity index is 1.42. The van der Waals surface area contributed by atoms with Crippen molar-refractivity contribution in [3.05, 3.63) is 169 Å². The molecule has 0 aromatic heterocycles. The van der Waals surface area contributed by atoms with Crippen molar-refractivity contribution in [2.24, 2.45) is 0 Å². The molecule has 0 radical (unpaired) electrons. The summed E-state index contributed by atoms with van der Waals surface area (Å²) < 4.78 is 0. The predicted octanol–water partition coefficient (Wildman–Crippen LogP) is 13.1. The summed E-state index contributed by atoms with van der Waals surface area (Å²) >= 11 is 0.